The highest BCUT2D eigenvalue weighted by Gasteiger charge is 2.18. The Balaban J connectivity index is 2.50. The Morgan fingerprint density at radius 1 is 1.26 bits per heavy atom. The van der Waals surface area contributed by atoms with E-state index in [0.717, 1.165) is 0 Å². The third-order valence-electron chi connectivity index (χ3n) is 3.43. The fourth-order valence-corrected chi connectivity index (χ4v) is 2.12. The van der Waals surface area contributed by atoms with Crippen LogP contribution in [0.1, 0.15) is 25.3 Å². The monoisotopic (exact) mass is 320 g/mol. The minimum atomic E-state index is -0.499. The van der Waals surface area contributed by atoms with Gasteiger partial charge in [0.05, 0.1) is 13.0 Å². The summed E-state index contributed by atoms with van der Waals surface area (Å²) in [5.74, 6) is -1.42. The summed E-state index contributed by atoms with van der Waals surface area (Å²) in [6, 6.07) is 4.36. The van der Waals surface area contributed by atoms with Crippen molar-refractivity contribution < 1.29 is 29.3 Å². The molecular weight excluding hydrogens is 300 g/mol. The summed E-state index contributed by atoms with van der Waals surface area (Å²) in [6.45, 7) is 1.77. The van der Waals surface area contributed by atoms with Crippen molar-refractivity contribution >= 4 is 18.5 Å². The van der Waals surface area contributed by atoms with E-state index in [1.807, 2.05) is 0 Å². The van der Waals surface area contributed by atoms with Crippen molar-refractivity contribution in [1.29, 1.82) is 0 Å². The Bertz CT molecular complexity index is 591. The molecule has 0 saturated heterocycles. The molecule has 6 heteroatoms. The largest absolute Gasteiger partial charge is 0.504 e. The van der Waals surface area contributed by atoms with E-state index in [-0.39, 0.29) is 30.9 Å². The van der Waals surface area contributed by atoms with Gasteiger partial charge in [-0.3, -0.25) is 9.59 Å². The van der Waals surface area contributed by atoms with Gasteiger partial charge in [0.15, 0.2) is 11.5 Å². The zero-order valence-electron chi connectivity index (χ0n) is 12.9. The lowest BCUT2D eigenvalue weighted by molar-refractivity contribution is -0.144. The molecule has 0 saturated carbocycles. The Morgan fingerprint density at radius 3 is 2.57 bits per heavy atom. The molecule has 0 aliphatic carbocycles. The second-order valence-corrected chi connectivity index (χ2v) is 5.00. The molecular formula is C17H20O6. The van der Waals surface area contributed by atoms with Crippen molar-refractivity contribution in [3.63, 3.8) is 0 Å². The molecule has 0 radical (unpaired) electrons. The van der Waals surface area contributed by atoms with E-state index in [1.165, 1.54) is 12.1 Å². The minimum Gasteiger partial charge on any atom is -0.504 e. The summed E-state index contributed by atoms with van der Waals surface area (Å²) >= 11 is 0. The lowest BCUT2D eigenvalue weighted by Gasteiger charge is -2.13. The highest BCUT2D eigenvalue weighted by Crippen LogP contribution is 2.25. The molecule has 0 amide bonds. The summed E-state index contributed by atoms with van der Waals surface area (Å²) in [7, 11) is 0. The zero-order chi connectivity index (χ0) is 17.2. The van der Waals surface area contributed by atoms with Gasteiger partial charge in [-0.05, 0) is 30.2 Å². The maximum atomic E-state index is 11.8. The molecule has 0 aliphatic heterocycles. The average molecular weight is 320 g/mol. The van der Waals surface area contributed by atoms with Gasteiger partial charge in [-0.2, -0.15) is 0 Å². The Hall–Kier alpha value is -2.63. The van der Waals surface area contributed by atoms with Gasteiger partial charge in [0, 0.05) is 18.8 Å². The van der Waals surface area contributed by atoms with Crippen molar-refractivity contribution in [2.75, 3.05) is 6.61 Å². The van der Waals surface area contributed by atoms with Crippen LogP contribution in [0.4, 0.5) is 0 Å². The van der Waals surface area contributed by atoms with E-state index in [4.69, 9.17) is 4.74 Å². The third kappa shape index (κ3) is 5.94. The number of phenolic OH excluding ortho intramolecular Hbond substituents is 2. The Kier molecular flexibility index (Phi) is 7.53. The maximum absolute atomic E-state index is 11.8. The number of benzene rings is 1. The predicted molar refractivity (Wildman–Crippen MR) is 83.0 cm³/mol. The van der Waals surface area contributed by atoms with E-state index in [0.29, 0.717) is 30.1 Å². The van der Waals surface area contributed by atoms with Crippen LogP contribution in [0, 0.1) is 5.92 Å². The molecule has 1 aromatic rings. The highest BCUT2D eigenvalue weighted by atomic mass is 16.5. The summed E-state index contributed by atoms with van der Waals surface area (Å²) in [4.78, 5) is 33.4. The third-order valence-corrected chi connectivity index (χ3v) is 3.43. The molecule has 2 N–H and O–H groups in total. The second-order valence-electron chi connectivity index (χ2n) is 5.00. The number of ether oxygens (including phenoxy) is 1. The molecule has 0 spiro atoms. The first-order chi connectivity index (χ1) is 11.0. The normalized spacial score (nSPS) is 12.5. The molecule has 0 unspecified atom stereocenters. The summed E-state index contributed by atoms with van der Waals surface area (Å²) < 4.78 is 5.09. The number of aromatic hydroxyl groups is 2. The van der Waals surface area contributed by atoms with Crippen molar-refractivity contribution in [3.8, 4) is 11.5 Å². The van der Waals surface area contributed by atoms with Crippen molar-refractivity contribution in [1.82, 2.24) is 0 Å². The standard InChI is InChI=1S/C17H20O6/c1-2-13(11-19)14(5-7-18)10-17(22)23-8-6-12-3-4-15(20)16(21)9-12/h2-4,7,9,11,14,20-21H,5-6,8,10H2,1H3/b13-2+/t14-/m0/s1. The van der Waals surface area contributed by atoms with Crippen LogP contribution in [0.25, 0.3) is 0 Å². The van der Waals surface area contributed by atoms with Gasteiger partial charge in [-0.15, -0.1) is 0 Å². The lowest BCUT2D eigenvalue weighted by atomic mass is 9.93. The van der Waals surface area contributed by atoms with E-state index in [1.54, 1.807) is 19.1 Å². The van der Waals surface area contributed by atoms with E-state index in [9.17, 15) is 24.6 Å². The fourth-order valence-electron chi connectivity index (χ4n) is 2.12. The van der Waals surface area contributed by atoms with Gasteiger partial charge >= 0.3 is 5.97 Å². The van der Waals surface area contributed by atoms with Gasteiger partial charge in [0.2, 0.25) is 0 Å². The lowest BCUT2D eigenvalue weighted by Crippen LogP contribution is -2.16. The molecule has 0 aliphatic rings. The summed E-state index contributed by atoms with van der Waals surface area (Å²) in [5.41, 5.74) is 1.11. The first-order valence-corrected chi connectivity index (χ1v) is 7.23. The first kappa shape index (κ1) is 18.4. The average Bonchev–Trinajstić information content (AvgIpc) is 2.52. The topological polar surface area (TPSA) is 101 Å². The van der Waals surface area contributed by atoms with Crippen LogP contribution in [0.15, 0.2) is 29.8 Å². The van der Waals surface area contributed by atoms with Crippen LogP contribution in [0.5, 0.6) is 11.5 Å². The number of carbonyl (C=O) groups is 3. The Morgan fingerprint density at radius 2 is 2.00 bits per heavy atom. The van der Waals surface area contributed by atoms with Crippen LogP contribution in [-0.2, 0) is 25.5 Å². The molecule has 1 atom stereocenters. The molecule has 23 heavy (non-hydrogen) atoms. The number of carbonyl (C=O) groups excluding carboxylic acids is 3. The molecule has 0 aromatic heterocycles. The zero-order valence-corrected chi connectivity index (χ0v) is 12.9. The number of phenols is 2. The van der Waals surface area contributed by atoms with Crippen molar-refractivity contribution in [2.24, 2.45) is 5.92 Å². The summed E-state index contributed by atoms with van der Waals surface area (Å²) in [6.07, 6.45) is 3.30. The van der Waals surface area contributed by atoms with Gasteiger partial charge in [0.25, 0.3) is 0 Å². The van der Waals surface area contributed by atoms with E-state index in [2.05, 4.69) is 0 Å². The molecule has 6 nitrogen and oxygen atoms in total. The summed E-state index contributed by atoms with van der Waals surface area (Å²) in [5, 5.41) is 18.6. The molecule has 0 heterocycles. The predicted octanol–water partition coefficient (Wildman–Crippen LogP) is 1.92. The van der Waals surface area contributed by atoms with E-state index < -0.39 is 11.9 Å². The quantitative estimate of drug-likeness (QED) is 0.312. The number of allylic oxidation sites excluding steroid dienone is 2. The van der Waals surface area contributed by atoms with Gasteiger partial charge in [-0.1, -0.05) is 12.1 Å². The van der Waals surface area contributed by atoms with Crippen molar-refractivity contribution in [2.45, 2.75) is 26.2 Å². The van der Waals surface area contributed by atoms with Crippen molar-refractivity contribution in [3.05, 3.63) is 35.4 Å². The minimum absolute atomic E-state index is 0.0437. The van der Waals surface area contributed by atoms with Gasteiger partial charge in [0.1, 0.15) is 12.6 Å². The number of hydrogen-bond acceptors (Lipinski definition) is 6. The maximum Gasteiger partial charge on any atom is 0.306 e. The smallest absolute Gasteiger partial charge is 0.306 e. The second kappa shape index (κ2) is 9.40. The Labute approximate surface area is 134 Å². The molecule has 1 rings (SSSR count). The van der Waals surface area contributed by atoms with Crippen LogP contribution < -0.4 is 0 Å². The number of aldehydes is 2. The van der Waals surface area contributed by atoms with Crippen LogP contribution in [-0.4, -0.2) is 35.4 Å². The van der Waals surface area contributed by atoms with Gasteiger partial charge in [-0.25, -0.2) is 0 Å². The number of rotatable bonds is 9. The number of esters is 1. The van der Waals surface area contributed by atoms with Gasteiger partial charge < -0.3 is 19.7 Å². The van der Waals surface area contributed by atoms with E-state index >= 15 is 0 Å². The molecule has 0 fully saturated rings. The first-order valence-electron chi connectivity index (χ1n) is 7.23. The van der Waals surface area contributed by atoms with Crippen LogP contribution in [0.3, 0.4) is 0 Å². The van der Waals surface area contributed by atoms with Crippen LogP contribution in [0.2, 0.25) is 0 Å². The fraction of sp³-hybridized carbons (Fsp3) is 0.353. The SMILES string of the molecule is C/C=C(\C=O)[C@@H](CC=O)CC(=O)OCCc1ccc(O)c(O)c1. The highest BCUT2D eigenvalue weighted by molar-refractivity contribution is 5.78. The molecule has 0 bridgehead atoms. The molecule has 1 aromatic carbocycles. The molecule has 124 valence electrons. The van der Waals surface area contributed by atoms with Crippen LogP contribution >= 0.6 is 0 Å². The number of hydrogen-bond donors (Lipinski definition) is 2.